The van der Waals surface area contributed by atoms with Crippen LogP contribution in [0.2, 0.25) is 0 Å². The Balaban J connectivity index is 1.80. The fourth-order valence-electron chi connectivity index (χ4n) is 3.22. The minimum absolute atomic E-state index is 0.134. The van der Waals surface area contributed by atoms with E-state index in [4.69, 9.17) is 4.74 Å². The quantitative estimate of drug-likeness (QED) is 0.464. The lowest BCUT2D eigenvalue weighted by Gasteiger charge is -2.29. The molecule has 1 aromatic carbocycles. The van der Waals surface area contributed by atoms with Crippen molar-refractivity contribution in [3.05, 3.63) is 64.5 Å². The molecule has 1 amide bonds. The number of fused-ring (bicyclic) bond motifs is 1. The van der Waals surface area contributed by atoms with Gasteiger partial charge in [-0.25, -0.2) is 4.79 Å². The maximum absolute atomic E-state index is 14.9. The molecule has 1 aliphatic rings. The van der Waals surface area contributed by atoms with Gasteiger partial charge in [-0.3, -0.25) is 4.98 Å². The van der Waals surface area contributed by atoms with Crippen LogP contribution in [0.1, 0.15) is 47.7 Å². The van der Waals surface area contributed by atoms with Gasteiger partial charge in [-0.15, -0.1) is 0 Å². The number of hydrogen-bond acceptors (Lipinski definition) is 3. The number of nitrogens with zero attached hydrogens (tertiary/aromatic N) is 2. The first-order valence-electron chi connectivity index (χ1n) is 9.58. The zero-order valence-corrected chi connectivity index (χ0v) is 16.3. The van der Waals surface area contributed by atoms with Gasteiger partial charge in [0.15, 0.2) is 0 Å². The first-order chi connectivity index (χ1) is 14.1. The Bertz CT molecular complexity index is 897. The molecule has 0 atom stereocenters. The Morgan fingerprint density at radius 3 is 2.47 bits per heavy atom. The average Bonchev–Trinajstić information content (AvgIpc) is 2.72. The number of pyridine rings is 1. The van der Waals surface area contributed by atoms with Crippen LogP contribution in [0.15, 0.2) is 36.5 Å². The van der Waals surface area contributed by atoms with Crippen LogP contribution in [0, 0.1) is 0 Å². The second kappa shape index (κ2) is 8.57. The molecule has 0 aliphatic carbocycles. The lowest BCUT2D eigenvalue weighted by Crippen LogP contribution is -2.36. The SMILES string of the molecule is CCCCOC(=O)N1CCc2ccc(C(F)(F)c3ccc(C(F)(F)F)nc3)cc2C1. The van der Waals surface area contributed by atoms with E-state index < -0.39 is 29.4 Å². The Hall–Kier alpha value is -2.71. The van der Waals surface area contributed by atoms with Crippen molar-refractivity contribution in [1.82, 2.24) is 9.88 Å². The van der Waals surface area contributed by atoms with Crippen LogP contribution < -0.4 is 0 Å². The fraction of sp³-hybridized carbons (Fsp3) is 0.429. The summed E-state index contributed by atoms with van der Waals surface area (Å²) in [5, 5.41) is 0. The number of ether oxygens (including phenoxy) is 1. The van der Waals surface area contributed by atoms with E-state index in [0.717, 1.165) is 24.5 Å². The second-order valence-corrected chi connectivity index (χ2v) is 7.13. The molecular weight excluding hydrogens is 407 g/mol. The molecule has 0 spiro atoms. The van der Waals surface area contributed by atoms with Crippen molar-refractivity contribution < 1.29 is 31.5 Å². The normalized spacial score (nSPS) is 14.4. The lowest BCUT2D eigenvalue weighted by atomic mass is 9.93. The van der Waals surface area contributed by atoms with E-state index in [2.05, 4.69) is 4.98 Å². The van der Waals surface area contributed by atoms with Gasteiger partial charge in [0, 0.05) is 30.4 Å². The number of unbranched alkanes of at least 4 members (excludes halogenated alkanes) is 1. The Labute approximate surface area is 170 Å². The Kier molecular flexibility index (Phi) is 6.28. The molecule has 0 saturated carbocycles. The van der Waals surface area contributed by atoms with Gasteiger partial charge < -0.3 is 9.64 Å². The molecule has 0 fully saturated rings. The second-order valence-electron chi connectivity index (χ2n) is 7.13. The van der Waals surface area contributed by atoms with Crippen molar-refractivity contribution >= 4 is 6.09 Å². The third kappa shape index (κ3) is 4.71. The standard InChI is InChI=1S/C21H21F5N2O2/c1-2-3-10-30-19(29)28-9-8-14-4-5-16(11-15(14)13-28)20(22,23)17-6-7-18(27-12-17)21(24,25)26/h4-7,11-12H,2-3,8-10,13H2,1H3. The molecule has 1 aromatic heterocycles. The zero-order chi connectivity index (χ0) is 21.9. The smallest absolute Gasteiger partial charge is 0.433 e. The highest BCUT2D eigenvalue weighted by Gasteiger charge is 2.38. The van der Waals surface area contributed by atoms with E-state index in [1.165, 1.54) is 17.0 Å². The van der Waals surface area contributed by atoms with E-state index in [1.54, 1.807) is 6.07 Å². The zero-order valence-electron chi connectivity index (χ0n) is 16.3. The molecule has 1 aliphatic heterocycles. The molecule has 0 radical (unpaired) electrons. The van der Waals surface area contributed by atoms with Crippen LogP contribution >= 0.6 is 0 Å². The van der Waals surface area contributed by atoms with Gasteiger partial charge in [-0.05, 0) is 42.2 Å². The monoisotopic (exact) mass is 428 g/mol. The molecule has 3 rings (SSSR count). The largest absolute Gasteiger partial charge is 0.449 e. The summed E-state index contributed by atoms with van der Waals surface area (Å²) in [4.78, 5) is 16.7. The van der Waals surface area contributed by atoms with Crippen molar-refractivity contribution in [2.75, 3.05) is 13.2 Å². The third-order valence-corrected chi connectivity index (χ3v) is 4.98. The molecule has 0 N–H and O–H groups in total. The number of halogens is 5. The summed E-state index contributed by atoms with van der Waals surface area (Å²) >= 11 is 0. The maximum Gasteiger partial charge on any atom is 0.433 e. The predicted molar refractivity (Wildman–Crippen MR) is 99.0 cm³/mol. The first kappa shape index (κ1) is 22.0. The maximum atomic E-state index is 14.9. The highest BCUT2D eigenvalue weighted by molar-refractivity contribution is 5.68. The Morgan fingerprint density at radius 1 is 1.10 bits per heavy atom. The summed E-state index contributed by atoms with van der Waals surface area (Å²) in [7, 11) is 0. The number of hydrogen-bond donors (Lipinski definition) is 0. The van der Waals surface area contributed by atoms with E-state index in [0.29, 0.717) is 37.4 Å². The fourth-order valence-corrected chi connectivity index (χ4v) is 3.22. The number of carbonyl (C=O) groups is 1. The summed E-state index contributed by atoms with van der Waals surface area (Å²) < 4.78 is 72.9. The van der Waals surface area contributed by atoms with Crippen molar-refractivity contribution in [1.29, 1.82) is 0 Å². The van der Waals surface area contributed by atoms with Crippen LogP contribution in [0.4, 0.5) is 26.7 Å². The highest BCUT2D eigenvalue weighted by Crippen LogP contribution is 2.38. The van der Waals surface area contributed by atoms with Gasteiger partial charge in [-0.1, -0.05) is 25.5 Å². The van der Waals surface area contributed by atoms with Crippen LogP contribution in [0.3, 0.4) is 0 Å². The van der Waals surface area contributed by atoms with Gasteiger partial charge in [0.05, 0.1) is 6.61 Å². The van der Waals surface area contributed by atoms with Gasteiger partial charge in [0.1, 0.15) is 5.69 Å². The number of benzene rings is 1. The number of amides is 1. The first-order valence-corrected chi connectivity index (χ1v) is 9.58. The van der Waals surface area contributed by atoms with Crippen LogP contribution in [0.5, 0.6) is 0 Å². The number of aromatic nitrogens is 1. The molecule has 0 bridgehead atoms. The summed E-state index contributed by atoms with van der Waals surface area (Å²) in [5.74, 6) is -3.53. The average molecular weight is 428 g/mol. The minimum atomic E-state index is -4.70. The molecular formula is C21H21F5N2O2. The number of alkyl halides is 5. The van der Waals surface area contributed by atoms with Gasteiger partial charge >= 0.3 is 12.3 Å². The number of rotatable bonds is 5. The minimum Gasteiger partial charge on any atom is -0.449 e. The summed E-state index contributed by atoms with van der Waals surface area (Å²) in [6.07, 6.45) is -2.51. The predicted octanol–water partition coefficient (Wildman–Crippen LogP) is 5.54. The van der Waals surface area contributed by atoms with Crippen molar-refractivity contribution in [2.24, 2.45) is 0 Å². The van der Waals surface area contributed by atoms with Crippen molar-refractivity contribution in [3.63, 3.8) is 0 Å². The van der Waals surface area contributed by atoms with Crippen LogP contribution in [-0.2, 0) is 29.8 Å². The molecule has 4 nitrogen and oxygen atoms in total. The van der Waals surface area contributed by atoms with E-state index in [-0.39, 0.29) is 12.1 Å². The molecule has 9 heteroatoms. The van der Waals surface area contributed by atoms with E-state index in [9.17, 15) is 26.7 Å². The molecule has 2 aromatic rings. The van der Waals surface area contributed by atoms with E-state index >= 15 is 0 Å². The van der Waals surface area contributed by atoms with Crippen LogP contribution in [-0.4, -0.2) is 29.1 Å². The van der Waals surface area contributed by atoms with Crippen molar-refractivity contribution in [2.45, 2.75) is 44.8 Å². The molecule has 162 valence electrons. The Morgan fingerprint density at radius 2 is 1.83 bits per heavy atom. The molecule has 30 heavy (non-hydrogen) atoms. The molecule has 2 heterocycles. The van der Waals surface area contributed by atoms with Gasteiger partial charge in [0.2, 0.25) is 0 Å². The number of carbonyl (C=O) groups excluding carboxylic acids is 1. The topological polar surface area (TPSA) is 42.4 Å². The highest BCUT2D eigenvalue weighted by atomic mass is 19.4. The molecule has 0 saturated heterocycles. The van der Waals surface area contributed by atoms with Gasteiger partial charge in [0.25, 0.3) is 5.92 Å². The third-order valence-electron chi connectivity index (χ3n) is 4.98. The summed E-state index contributed by atoms with van der Waals surface area (Å²) in [5.41, 5.74) is -0.834. The summed E-state index contributed by atoms with van der Waals surface area (Å²) in [6, 6.07) is 5.38. The van der Waals surface area contributed by atoms with Crippen molar-refractivity contribution in [3.8, 4) is 0 Å². The summed E-state index contributed by atoms with van der Waals surface area (Å²) in [6.45, 7) is 2.84. The van der Waals surface area contributed by atoms with Gasteiger partial charge in [-0.2, -0.15) is 22.0 Å². The van der Waals surface area contributed by atoms with Crippen LogP contribution in [0.25, 0.3) is 0 Å². The lowest BCUT2D eigenvalue weighted by molar-refractivity contribution is -0.141. The molecule has 0 unspecified atom stereocenters. The van der Waals surface area contributed by atoms with E-state index in [1.807, 2.05) is 6.92 Å².